The van der Waals surface area contributed by atoms with E-state index in [0.29, 0.717) is 6.42 Å². The number of aliphatic hydroxyl groups excluding tert-OH is 2. The Morgan fingerprint density at radius 1 is 1.21 bits per heavy atom. The predicted molar refractivity (Wildman–Crippen MR) is 108 cm³/mol. The number of amides is 1. The van der Waals surface area contributed by atoms with Crippen LogP contribution in [0.15, 0.2) is 30.3 Å². The molecule has 3 atom stereocenters. The number of carbonyl (C=O) groups is 2. The van der Waals surface area contributed by atoms with Crippen LogP contribution < -0.4 is 0 Å². The predicted octanol–water partition coefficient (Wildman–Crippen LogP) is 3.02. The fourth-order valence-electron chi connectivity index (χ4n) is 3.41. The van der Waals surface area contributed by atoms with E-state index in [1.165, 1.54) is 4.90 Å². The van der Waals surface area contributed by atoms with E-state index in [1.807, 2.05) is 30.3 Å². The maximum atomic E-state index is 12.5. The summed E-state index contributed by atoms with van der Waals surface area (Å²) in [7, 11) is 0. The Kier molecular flexibility index (Phi) is 8.61. The van der Waals surface area contributed by atoms with Crippen molar-refractivity contribution in [1.29, 1.82) is 0 Å². The fourth-order valence-corrected chi connectivity index (χ4v) is 3.41. The summed E-state index contributed by atoms with van der Waals surface area (Å²) in [5, 5.41) is 20.7. The van der Waals surface area contributed by atoms with Gasteiger partial charge in [0.05, 0.1) is 6.54 Å². The van der Waals surface area contributed by atoms with E-state index in [4.69, 9.17) is 9.47 Å². The summed E-state index contributed by atoms with van der Waals surface area (Å²) in [6, 6.07) is 9.31. The van der Waals surface area contributed by atoms with Crippen LogP contribution in [0.2, 0.25) is 0 Å². The molecule has 0 aliphatic carbocycles. The van der Waals surface area contributed by atoms with Gasteiger partial charge in [0.1, 0.15) is 30.6 Å². The molecule has 162 valence electrons. The zero-order valence-electron chi connectivity index (χ0n) is 17.5. The third-order valence-corrected chi connectivity index (χ3v) is 5.19. The highest BCUT2D eigenvalue weighted by atomic mass is 16.6. The molecule has 29 heavy (non-hydrogen) atoms. The quantitative estimate of drug-likeness (QED) is 0.579. The largest absolute Gasteiger partial charge is 0.444 e. The molecule has 0 radical (unpaired) electrons. The molecule has 0 unspecified atom stereocenters. The summed E-state index contributed by atoms with van der Waals surface area (Å²) < 4.78 is 11.1. The maximum Gasteiger partial charge on any atom is 0.412 e. The Labute approximate surface area is 172 Å². The summed E-state index contributed by atoms with van der Waals surface area (Å²) in [6.07, 6.45) is -0.468. The van der Waals surface area contributed by atoms with E-state index in [1.54, 1.807) is 13.8 Å². The Morgan fingerprint density at radius 2 is 1.90 bits per heavy atom. The second kappa shape index (κ2) is 10.7. The van der Waals surface area contributed by atoms with Gasteiger partial charge in [-0.15, -0.1) is 0 Å². The van der Waals surface area contributed by atoms with Crippen molar-refractivity contribution in [1.82, 2.24) is 4.90 Å². The average molecular weight is 408 g/mol. The third-order valence-electron chi connectivity index (χ3n) is 5.19. The number of ketones is 1. The van der Waals surface area contributed by atoms with Gasteiger partial charge >= 0.3 is 6.09 Å². The average Bonchev–Trinajstić information content (AvgIpc) is 3.04. The molecule has 0 saturated carbocycles. The molecule has 0 bridgehead atoms. The first kappa shape index (κ1) is 23.3. The highest BCUT2D eigenvalue weighted by Crippen LogP contribution is 2.30. The van der Waals surface area contributed by atoms with Crippen LogP contribution in [0.1, 0.15) is 58.4 Å². The van der Waals surface area contributed by atoms with Crippen molar-refractivity contribution in [2.24, 2.45) is 0 Å². The number of ether oxygens (including phenoxy) is 2. The topological polar surface area (TPSA) is 96.3 Å². The summed E-state index contributed by atoms with van der Waals surface area (Å²) in [5.74, 6) is -0.403. The number of benzene rings is 1. The van der Waals surface area contributed by atoms with Crippen molar-refractivity contribution >= 4 is 11.9 Å². The lowest BCUT2D eigenvalue weighted by Crippen LogP contribution is -2.44. The normalized spacial score (nSPS) is 20.3. The lowest BCUT2D eigenvalue weighted by Gasteiger charge is -2.29. The summed E-state index contributed by atoms with van der Waals surface area (Å²) in [4.78, 5) is 26.1. The summed E-state index contributed by atoms with van der Waals surface area (Å²) in [5.41, 5.74) is -0.164. The Bertz CT molecular complexity index is 663. The summed E-state index contributed by atoms with van der Waals surface area (Å²) >= 11 is 0. The van der Waals surface area contributed by atoms with E-state index < -0.39 is 35.9 Å². The number of hydrogen-bond donors (Lipinski definition) is 2. The van der Waals surface area contributed by atoms with Crippen LogP contribution in [0, 0.1) is 0 Å². The number of carbonyl (C=O) groups excluding carboxylic acids is 2. The molecule has 1 aliphatic rings. The van der Waals surface area contributed by atoms with Crippen LogP contribution in [-0.2, 0) is 20.9 Å². The standard InChI is InChI=1S/C22H33NO6/c1-4-5-6-10-13-17(24)19(25)20(26)18-14-23(22(2,3)29-18)21(27)28-15-16-11-8-7-9-12-16/h7-9,11-12,18-20,25-26H,4-6,10,13-15H2,1-3H3/t18-,19-,20-/m0/s1. The van der Waals surface area contributed by atoms with Crippen molar-refractivity contribution in [3.05, 3.63) is 35.9 Å². The van der Waals surface area contributed by atoms with Gasteiger partial charge in [0.25, 0.3) is 0 Å². The molecule has 1 amide bonds. The van der Waals surface area contributed by atoms with E-state index in [2.05, 4.69) is 6.92 Å². The highest BCUT2D eigenvalue weighted by Gasteiger charge is 2.47. The molecule has 1 aromatic carbocycles. The lowest BCUT2D eigenvalue weighted by atomic mass is 10.00. The zero-order valence-corrected chi connectivity index (χ0v) is 17.5. The molecule has 1 aromatic rings. The smallest absolute Gasteiger partial charge is 0.412 e. The van der Waals surface area contributed by atoms with Gasteiger partial charge in [0.2, 0.25) is 0 Å². The summed E-state index contributed by atoms with van der Waals surface area (Å²) in [6.45, 7) is 5.60. The minimum Gasteiger partial charge on any atom is -0.444 e. The van der Waals surface area contributed by atoms with Crippen molar-refractivity contribution in [2.45, 2.75) is 83.5 Å². The number of rotatable bonds is 10. The SMILES string of the molecule is CCCCCCC(=O)[C@H](O)[C@@H](O)[C@@H]1CN(C(=O)OCc2ccccc2)C(C)(C)O1. The third kappa shape index (κ3) is 6.52. The maximum absolute atomic E-state index is 12.5. The molecule has 0 aromatic heterocycles. The van der Waals surface area contributed by atoms with E-state index in [-0.39, 0.29) is 19.6 Å². The molecule has 1 fully saturated rings. The number of Topliss-reactive ketones (excluding diaryl/α,β-unsaturated/α-hetero) is 1. The molecule has 2 rings (SSSR count). The van der Waals surface area contributed by atoms with Crippen molar-refractivity contribution in [3.8, 4) is 0 Å². The molecule has 2 N–H and O–H groups in total. The van der Waals surface area contributed by atoms with E-state index >= 15 is 0 Å². The van der Waals surface area contributed by atoms with Gasteiger partial charge in [-0.05, 0) is 25.8 Å². The Balaban J connectivity index is 1.89. The molecular weight excluding hydrogens is 374 g/mol. The van der Waals surface area contributed by atoms with Crippen LogP contribution in [0.4, 0.5) is 4.79 Å². The van der Waals surface area contributed by atoms with E-state index in [0.717, 1.165) is 24.8 Å². The van der Waals surface area contributed by atoms with Crippen molar-refractivity contribution < 1.29 is 29.3 Å². The van der Waals surface area contributed by atoms with Crippen LogP contribution in [-0.4, -0.2) is 57.6 Å². The minimum atomic E-state index is -1.53. The molecule has 1 heterocycles. The molecule has 0 spiro atoms. The van der Waals surface area contributed by atoms with Crippen LogP contribution in [0.5, 0.6) is 0 Å². The Morgan fingerprint density at radius 3 is 2.55 bits per heavy atom. The molecule has 1 saturated heterocycles. The van der Waals surface area contributed by atoms with E-state index in [9.17, 15) is 19.8 Å². The minimum absolute atomic E-state index is 0.0297. The first-order valence-corrected chi connectivity index (χ1v) is 10.3. The number of hydrogen-bond acceptors (Lipinski definition) is 6. The Hall–Kier alpha value is -1.96. The van der Waals surface area contributed by atoms with Gasteiger partial charge in [-0.1, -0.05) is 56.5 Å². The fraction of sp³-hybridized carbons (Fsp3) is 0.636. The number of unbranched alkanes of at least 4 members (excludes halogenated alkanes) is 3. The zero-order chi connectivity index (χ0) is 21.4. The molecule has 7 nitrogen and oxygen atoms in total. The van der Waals surface area contributed by atoms with Crippen molar-refractivity contribution in [2.75, 3.05) is 6.54 Å². The van der Waals surface area contributed by atoms with Gasteiger partial charge in [-0.2, -0.15) is 0 Å². The van der Waals surface area contributed by atoms with Crippen LogP contribution in [0.25, 0.3) is 0 Å². The highest BCUT2D eigenvalue weighted by molar-refractivity contribution is 5.83. The molecular formula is C22H33NO6. The van der Waals surface area contributed by atoms with Gasteiger partial charge in [-0.25, -0.2) is 4.79 Å². The first-order valence-electron chi connectivity index (χ1n) is 10.3. The van der Waals surface area contributed by atoms with Gasteiger partial charge in [0, 0.05) is 6.42 Å². The number of nitrogens with zero attached hydrogens (tertiary/aromatic N) is 1. The van der Waals surface area contributed by atoms with Crippen molar-refractivity contribution in [3.63, 3.8) is 0 Å². The van der Waals surface area contributed by atoms with Crippen LogP contribution >= 0.6 is 0 Å². The van der Waals surface area contributed by atoms with Gasteiger partial charge in [0.15, 0.2) is 5.78 Å². The number of aliphatic hydroxyl groups is 2. The monoisotopic (exact) mass is 407 g/mol. The second-order valence-electron chi connectivity index (χ2n) is 7.97. The lowest BCUT2D eigenvalue weighted by molar-refractivity contribution is -0.147. The van der Waals surface area contributed by atoms with Crippen LogP contribution in [0.3, 0.4) is 0 Å². The first-order chi connectivity index (χ1) is 13.8. The van der Waals surface area contributed by atoms with Gasteiger partial charge in [-0.3, -0.25) is 9.69 Å². The van der Waals surface area contributed by atoms with Gasteiger partial charge < -0.3 is 19.7 Å². The molecule has 7 heteroatoms. The second-order valence-corrected chi connectivity index (χ2v) is 7.97. The molecule has 1 aliphatic heterocycles.